The van der Waals surface area contributed by atoms with Crippen molar-refractivity contribution < 1.29 is 14.3 Å². The standard InChI is InChI=1S/C23H22N2O4S/c1-15-19(24-22(29-15)17-7-3-2-4-8-17)14-28-18-12-10-16(11-13-18)6-5-9-20-21(26)25-23(27)30-20/h2-4,7-8,10-13,26H,5-6,9,14H2,1H3,(H,25,27). The van der Waals surface area contributed by atoms with Crippen molar-refractivity contribution in [3.63, 3.8) is 0 Å². The van der Waals surface area contributed by atoms with Crippen molar-refractivity contribution in [2.75, 3.05) is 0 Å². The molecule has 2 aromatic heterocycles. The van der Waals surface area contributed by atoms with Crippen LogP contribution in [-0.2, 0) is 19.4 Å². The normalized spacial score (nSPS) is 11.0. The Labute approximate surface area is 177 Å². The number of benzene rings is 2. The van der Waals surface area contributed by atoms with Crippen molar-refractivity contribution in [1.82, 2.24) is 9.97 Å². The summed E-state index contributed by atoms with van der Waals surface area (Å²) in [5.41, 5.74) is 2.90. The van der Waals surface area contributed by atoms with Gasteiger partial charge in [-0.25, -0.2) is 4.98 Å². The molecule has 2 N–H and O–H groups in total. The first-order valence-corrected chi connectivity index (χ1v) is 10.5. The van der Waals surface area contributed by atoms with E-state index < -0.39 is 0 Å². The van der Waals surface area contributed by atoms with Crippen LogP contribution >= 0.6 is 11.3 Å². The smallest absolute Gasteiger partial charge is 0.307 e. The summed E-state index contributed by atoms with van der Waals surface area (Å²) < 4.78 is 11.6. The van der Waals surface area contributed by atoms with Crippen LogP contribution in [0, 0.1) is 6.92 Å². The molecule has 0 radical (unpaired) electrons. The monoisotopic (exact) mass is 422 g/mol. The van der Waals surface area contributed by atoms with Crippen molar-refractivity contribution in [2.45, 2.75) is 32.8 Å². The van der Waals surface area contributed by atoms with Crippen LogP contribution in [0.15, 0.2) is 63.8 Å². The first kappa shape index (κ1) is 20.0. The van der Waals surface area contributed by atoms with Crippen molar-refractivity contribution in [1.29, 1.82) is 0 Å². The third-order valence-corrected chi connectivity index (χ3v) is 5.71. The Kier molecular flexibility index (Phi) is 5.99. The van der Waals surface area contributed by atoms with E-state index in [2.05, 4.69) is 9.97 Å². The van der Waals surface area contributed by atoms with Crippen LogP contribution in [0.25, 0.3) is 11.5 Å². The van der Waals surface area contributed by atoms with Crippen molar-refractivity contribution in [2.24, 2.45) is 0 Å². The van der Waals surface area contributed by atoms with Gasteiger partial charge >= 0.3 is 4.87 Å². The highest BCUT2D eigenvalue weighted by atomic mass is 32.1. The van der Waals surface area contributed by atoms with Crippen molar-refractivity contribution in [3.8, 4) is 23.1 Å². The third-order valence-electron chi connectivity index (χ3n) is 4.78. The lowest BCUT2D eigenvalue weighted by molar-refractivity contribution is 0.299. The molecule has 0 bridgehead atoms. The molecule has 30 heavy (non-hydrogen) atoms. The lowest BCUT2D eigenvalue weighted by Gasteiger charge is -2.06. The van der Waals surface area contributed by atoms with E-state index >= 15 is 0 Å². The second-order valence-electron chi connectivity index (χ2n) is 6.96. The molecule has 0 fully saturated rings. The summed E-state index contributed by atoms with van der Waals surface area (Å²) in [5.74, 6) is 2.11. The minimum Gasteiger partial charge on any atom is -0.494 e. The van der Waals surface area contributed by atoms with Crippen LogP contribution in [0.2, 0.25) is 0 Å². The average Bonchev–Trinajstić information content (AvgIpc) is 3.29. The first-order chi connectivity index (χ1) is 14.6. The molecule has 7 heteroatoms. The van der Waals surface area contributed by atoms with E-state index in [1.165, 1.54) is 5.56 Å². The van der Waals surface area contributed by atoms with Gasteiger partial charge in [0, 0.05) is 5.56 Å². The number of thiazole rings is 1. The SMILES string of the molecule is Cc1oc(-c2ccccc2)nc1COc1ccc(CCCc2sc(=O)[nH]c2O)cc1. The van der Waals surface area contributed by atoms with Crippen LogP contribution in [0.4, 0.5) is 0 Å². The van der Waals surface area contributed by atoms with E-state index in [9.17, 15) is 9.90 Å². The molecule has 0 saturated carbocycles. The molecule has 0 aliphatic rings. The minimum atomic E-state index is -0.220. The molecule has 4 rings (SSSR count). The van der Waals surface area contributed by atoms with E-state index in [1.54, 1.807) is 0 Å². The highest BCUT2D eigenvalue weighted by Crippen LogP contribution is 2.23. The predicted molar refractivity (Wildman–Crippen MR) is 116 cm³/mol. The van der Waals surface area contributed by atoms with E-state index in [0.29, 0.717) is 23.8 Å². The van der Waals surface area contributed by atoms with Crippen molar-refractivity contribution in [3.05, 3.63) is 86.2 Å². The topological polar surface area (TPSA) is 88.4 Å². The fraction of sp³-hybridized carbons (Fsp3) is 0.217. The number of hydrogen-bond acceptors (Lipinski definition) is 6. The Morgan fingerprint density at radius 3 is 2.57 bits per heavy atom. The van der Waals surface area contributed by atoms with Crippen LogP contribution in [0.1, 0.15) is 28.3 Å². The summed E-state index contributed by atoms with van der Waals surface area (Å²) in [6.45, 7) is 2.23. The molecule has 6 nitrogen and oxygen atoms in total. The van der Waals surface area contributed by atoms with Gasteiger partial charge in [-0.15, -0.1) is 0 Å². The number of hydrogen-bond donors (Lipinski definition) is 2. The molecule has 154 valence electrons. The number of aromatic amines is 1. The van der Waals surface area contributed by atoms with Gasteiger partial charge in [0.05, 0.1) is 4.88 Å². The zero-order valence-electron chi connectivity index (χ0n) is 16.6. The maximum Gasteiger partial charge on any atom is 0.307 e. The Balaban J connectivity index is 1.30. The molecule has 0 atom stereocenters. The summed E-state index contributed by atoms with van der Waals surface area (Å²) in [7, 11) is 0. The number of nitrogens with one attached hydrogen (secondary N) is 1. The molecule has 4 aromatic rings. The number of nitrogens with zero attached hydrogens (tertiary/aromatic N) is 1. The molecule has 0 unspecified atom stereocenters. The molecule has 0 amide bonds. The van der Waals surface area contributed by atoms with Gasteiger partial charge in [0.25, 0.3) is 0 Å². The lowest BCUT2D eigenvalue weighted by atomic mass is 10.1. The van der Waals surface area contributed by atoms with Gasteiger partial charge in [0.1, 0.15) is 23.8 Å². The fourth-order valence-electron chi connectivity index (χ4n) is 3.14. The number of ether oxygens (including phenoxy) is 1. The van der Waals surface area contributed by atoms with Crippen LogP contribution < -0.4 is 9.61 Å². The number of H-pyrrole nitrogens is 1. The Bertz CT molecular complexity index is 1160. The highest BCUT2D eigenvalue weighted by Gasteiger charge is 2.12. The summed E-state index contributed by atoms with van der Waals surface area (Å²) in [4.78, 5) is 18.7. The molecule has 2 aromatic carbocycles. The molecule has 0 saturated heterocycles. The number of aromatic hydroxyl groups is 1. The molecule has 0 spiro atoms. The van der Waals surface area contributed by atoms with Crippen LogP contribution in [0.5, 0.6) is 11.6 Å². The maximum atomic E-state index is 11.2. The largest absolute Gasteiger partial charge is 0.494 e. The summed E-state index contributed by atoms with van der Waals surface area (Å²) in [6.07, 6.45) is 2.37. The molecular formula is C23H22N2O4S. The van der Waals surface area contributed by atoms with Gasteiger partial charge < -0.3 is 14.3 Å². The predicted octanol–water partition coefficient (Wildman–Crippen LogP) is 4.86. The van der Waals surface area contributed by atoms with E-state index in [4.69, 9.17) is 9.15 Å². The van der Waals surface area contributed by atoms with Gasteiger partial charge in [-0.1, -0.05) is 41.7 Å². The van der Waals surface area contributed by atoms with Crippen LogP contribution in [-0.4, -0.2) is 15.1 Å². The summed E-state index contributed by atoms with van der Waals surface area (Å²) in [5, 5.41) is 9.63. The van der Waals surface area contributed by atoms with Crippen LogP contribution in [0.3, 0.4) is 0 Å². The van der Waals surface area contributed by atoms with Gasteiger partial charge in [-0.3, -0.25) is 9.78 Å². The van der Waals surface area contributed by atoms with Gasteiger partial charge in [-0.2, -0.15) is 0 Å². The lowest BCUT2D eigenvalue weighted by Crippen LogP contribution is -1.98. The first-order valence-electron chi connectivity index (χ1n) is 9.73. The quantitative estimate of drug-likeness (QED) is 0.423. The van der Waals surface area contributed by atoms with E-state index in [1.807, 2.05) is 61.5 Å². The Morgan fingerprint density at radius 2 is 1.87 bits per heavy atom. The zero-order chi connectivity index (χ0) is 20.9. The second-order valence-corrected chi connectivity index (χ2v) is 8.03. The van der Waals surface area contributed by atoms with E-state index in [0.717, 1.165) is 46.9 Å². The highest BCUT2D eigenvalue weighted by molar-refractivity contribution is 7.09. The van der Waals surface area contributed by atoms with Gasteiger partial charge in [0.2, 0.25) is 11.8 Å². The number of aryl methyl sites for hydroxylation is 3. The number of oxazole rings is 1. The van der Waals surface area contributed by atoms with Gasteiger partial charge in [-0.05, 0) is 56.0 Å². The molecular weight excluding hydrogens is 400 g/mol. The molecule has 2 heterocycles. The number of aromatic nitrogens is 2. The molecule has 0 aliphatic carbocycles. The van der Waals surface area contributed by atoms with Crippen molar-refractivity contribution >= 4 is 11.3 Å². The summed E-state index contributed by atoms with van der Waals surface area (Å²) in [6, 6.07) is 17.7. The van der Waals surface area contributed by atoms with E-state index in [-0.39, 0.29) is 10.8 Å². The number of rotatable bonds is 8. The third kappa shape index (κ3) is 4.80. The Morgan fingerprint density at radius 1 is 1.10 bits per heavy atom. The summed E-state index contributed by atoms with van der Waals surface area (Å²) >= 11 is 1.06. The van der Waals surface area contributed by atoms with Gasteiger partial charge in [0.15, 0.2) is 0 Å². The maximum absolute atomic E-state index is 11.2. The average molecular weight is 423 g/mol. The fourth-order valence-corrected chi connectivity index (χ4v) is 3.91. The zero-order valence-corrected chi connectivity index (χ0v) is 17.4. The molecule has 0 aliphatic heterocycles. The Hall–Kier alpha value is -3.32. The minimum absolute atomic E-state index is 0.00711. The second kappa shape index (κ2) is 9.00.